The monoisotopic (exact) mass is 407 g/mol. The molecule has 0 aliphatic heterocycles. The third-order valence-electron chi connectivity index (χ3n) is 4.09. The first-order valence-corrected chi connectivity index (χ1v) is 11.3. The first-order chi connectivity index (χ1) is 13.1. The van der Waals surface area contributed by atoms with Gasteiger partial charge in [0.25, 0.3) is 0 Å². The van der Waals surface area contributed by atoms with Crippen LogP contribution in [0.1, 0.15) is 59.4 Å². The lowest BCUT2D eigenvalue weighted by atomic mass is 10.0. The number of unbranched alkanes of at least 4 members (excludes halogenated alkanes) is 1. The molecule has 0 aromatic heterocycles. The quantitative estimate of drug-likeness (QED) is 0.495. The standard InChI is InChI=1S/C22H33NO4S/c1-7-8-9-10-21(17(4)5)27-22(24)20(15-16(2)3)23-28(25,26)19-13-11-18(6)12-14-19/h11-14,16-17,20-21,23H,7-8,15H2,1-6H3. The van der Waals surface area contributed by atoms with Crippen molar-refractivity contribution in [2.24, 2.45) is 11.8 Å². The Hall–Kier alpha value is -1.84. The summed E-state index contributed by atoms with van der Waals surface area (Å²) >= 11 is 0. The molecule has 6 heteroatoms. The summed E-state index contributed by atoms with van der Waals surface area (Å²) in [5, 5.41) is 0. The second-order valence-electron chi connectivity index (χ2n) is 7.79. The van der Waals surface area contributed by atoms with Crippen molar-refractivity contribution in [2.75, 3.05) is 0 Å². The molecule has 2 atom stereocenters. The lowest BCUT2D eigenvalue weighted by molar-refractivity contribution is -0.150. The van der Waals surface area contributed by atoms with E-state index in [2.05, 4.69) is 16.6 Å². The second-order valence-corrected chi connectivity index (χ2v) is 9.50. The summed E-state index contributed by atoms with van der Waals surface area (Å²) in [7, 11) is -3.83. The second kappa shape index (κ2) is 11.2. The van der Waals surface area contributed by atoms with Crippen LogP contribution < -0.4 is 4.72 Å². The fraction of sp³-hybridized carbons (Fsp3) is 0.591. The smallest absolute Gasteiger partial charge is 0.325 e. The third kappa shape index (κ3) is 8.04. The van der Waals surface area contributed by atoms with E-state index in [1.807, 2.05) is 41.5 Å². The zero-order chi connectivity index (χ0) is 21.3. The van der Waals surface area contributed by atoms with Gasteiger partial charge in [-0.05, 0) is 37.8 Å². The maximum atomic E-state index is 12.8. The van der Waals surface area contributed by atoms with Crippen LogP contribution in [0.15, 0.2) is 29.2 Å². The first-order valence-electron chi connectivity index (χ1n) is 9.84. The molecule has 5 nitrogen and oxygen atoms in total. The number of esters is 1. The molecule has 0 fully saturated rings. The number of rotatable bonds is 9. The fourth-order valence-electron chi connectivity index (χ4n) is 2.47. The van der Waals surface area contributed by atoms with Gasteiger partial charge >= 0.3 is 5.97 Å². The number of nitrogens with one attached hydrogen (secondary N) is 1. The van der Waals surface area contributed by atoms with Gasteiger partial charge in [0.2, 0.25) is 10.0 Å². The maximum Gasteiger partial charge on any atom is 0.325 e. The Morgan fingerprint density at radius 3 is 2.25 bits per heavy atom. The number of aryl methyl sites for hydroxylation is 1. The molecule has 0 heterocycles. The van der Waals surface area contributed by atoms with Crippen molar-refractivity contribution in [2.45, 2.75) is 77.8 Å². The van der Waals surface area contributed by atoms with Gasteiger partial charge < -0.3 is 4.74 Å². The van der Waals surface area contributed by atoms with Crippen molar-refractivity contribution in [1.82, 2.24) is 4.72 Å². The van der Waals surface area contributed by atoms with E-state index in [1.54, 1.807) is 12.1 Å². The highest BCUT2D eigenvalue weighted by Crippen LogP contribution is 2.16. The summed E-state index contributed by atoms with van der Waals surface area (Å²) < 4.78 is 33.6. The van der Waals surface area contributed by atoms with Crippen LogP contribution >= 0.6 is 0 Å². The molecule has 1 aromatic rings. The van der Waals surface area contributed by atoms with E-state index in [9.17, 15) is 13.2 Å². The molecule has 0 bridgehead atoms. The largest absolute Gasteiger partial charge is 0.448 e. The fourth-order valence-corrected chi connectivity index (χ4v) is 3.67. The minimum absolute atomic E-state index is 0.0155. The number of sulfonamides is 1. The highest BCUT2D eigenvalue weighted by Gasteiger charge is 2.30. The molecular weight excluding hydrogens is 374 g/mol. The van der Waals surface area contributed by atoms with E-state index < -0.39 is 28.1 Å². The van der Waals surface area contributed by atoms with Crippen LogP contribution in [-0.4, -0.2) is 26.5 Å². The number of hydrogen-bond acceptors (Lipinski definition) is 4. The molecule has 28 heavy (non-hydrogen) atoms. The summed E-state index contributed by atoms with van der Waals surface area (Å²) in [6.45, 7) is 11.6. The van der Waals surface area contributed by atoms with Crippen molar-refractivity contribution >= 4 is 16.0 Å². The lowest BCUT2D eigenvalue weighted by Crippen LogP contribution is -2.44. The number of carbonyl (C=O) groups excluding carboxylic acids is 1. The highest BCUT2D eigenvalue weighted by atomic mass is 32.2. The molecule has 1 rings (SSSR count). The van der Waals surface area contributed by atoms with Gasteiger partial charge in [0.15, 0.2) is 6.10 Å². The van der Waals surface area contributed by atoms with Crippen molar-refractivity contribution in [3.05, 3.63) is 29.8 Å². The summed E-state index contributed by atoms with van der Waals surface area (Å²) in [6, 6.07) is 5.55. The third-order valence-corrected chi connectivity index (χ3v) is 5.58. The van der Waals surface area contributed by atoms with E-state index in [0.29, 0.717) is 6.42 Å². The molecule has 1 N–H and O–H groups in total. The number of hydrogen-bond donors (Lipinski definition) is 1. The Kier molecular flexibility index (Phi) is 9.71. The Morgan fingerprint density at radius 2 is 1.75 bits per heavy atom. The topological polar surface area (TPSA) is 72.5 Å². The normalized spacial score (nSPS) is 13.7. The Balaban J connectivity index is 3.01. The van der Waals surface area contributed by atoms with E-state index in [1.165, 1.54) is 12.1 Å². The van der Waals surface area contributed by atoms with Crippen LogP contribution in [0.4, 0.5) is 0 Å². The van der Waals surface area contributed by atoms with Crippen LogP contribution in [0.25, 0.3) is 0 Å². The molecule has 0 spiro atoms. The average Bonchev–Trinajstić information content (AvgIpc) is 2.60. The number of ether oxygens (including phenoxy) is 1. The molecule has 0 amide bonds. The van der Waals surface area contributed by atoms with E-state index in [4.69, 9.17) is 4.74 Å². The Morgan fingerprint density at radius 1 is 1.14 bits per heavy atom. The van der Waals surface area contributed by atoms with Crippen LogP contribution in [0.5, 0.6) is 0 Å². The van der Waals surface area contributed by atoms with Gasteiger partial charge in [0, 0.05) is 12.3 Å². The summed E-state index contributed by atoms with van der Waals surface area (Å²) in [5.74, 6) is 5.54. The average molecular weight is 408 g/mol. The first kappa shape index (κ1) is 24.2. The zero-order valence-corrected chi connectivity index (χ0v) is 18.6. The molecule has 0 aliphatic carbocycles. The van der Waals surface area contributed by atoms with Crippen LogP contribution in [0.3, 0.4) is 0 Å². The molecule has 0 radical (unpaired) electrons. The molecule has 0 aliphatic rings. The number of carbonyl (C=O) groups is 1. The predicted molar refractivity (Wildman–Crippen MR) is 112 cm³/mol. The summed E-state index contributed by atoms with van der Waals surface area (Å²) in [4.78, 5) is 12.9. The SMILES string of the molecule is CCCC#CC(OC(=O)C(CC(C)C)NS(=O)(=O)c1ccc(C)cc1)C(C)C. The van der Waals surface area contributed by atoms with Crippen molar-refractivity contribution in [1.29, 1.82) is 0 Å². The summed E-state index contributed by atoms with van der Waals surface area (Å²) in [5.41, 5.74) is 0.961. The maximum absolute atomic E-state index is 12.8. The van der Waals surface area contributed by atoms with Gasteiger partial charge in [-0.1, -0.05) is 64.2 Å². The van der Waals surface area contributed by atoms with Crippen LogP contribution in [0.2, 0.25) is 0 Å². The number of benzene rings is 1. The van der Waals surface area contributed by atoms with E-state index in [-0.39, 0.29) is 16.7 Å². The minimum atomic E-state index is -3.83. The predicted octanol–water partition coefficient (Wildman–Crippen LogP) is 4.06. The minimum Gasteiger partial charge on any atom is -0.448 e. The van der Waals surface area contributed by atoms with E-state index in [0.717, 1.165) is 18.4 Å². The zero-order valence-electron chi connectivity index (χ0n) is 17.8. The Bertz CT molecular complexity index is 786. The van der Waals surface area contributed by atoms with Gasteiger partial charge in [0.1, 0.15) is 6.04 Å². The molecular formula is C22H33NO4S. The molecule has 0 saturated carbocycles. The molecule has 0 saturated heterocycles. The van der Waals surface area contributed by atoms with Gasteiger partial charge in [-0.25, -0.2) is 8.42 Å². The van der Waals surface area contributed by atoms with Gasteiger partial charge in [-0.2, -0.15) is 4.72 Å². The molecule has 2 unspecified atom stereocenters. The van der Waals surface area contributed by atoms with Crippen molar-refractivity contribution in [3.63, 3.8) is 0 Å². The lowest BCUT2D eigenvalue weighted by Gasteiger charge is -2.23. The molecule has 156 valence electrons. The highest BCUT2D eigenvalue weighted by molar-refractivity contribution is 7.89. The van der Waals surface area contributed by atoms with E-state index >= 15 is 0 Å². The molecule has 1 aromatic carbocycles. The van der Waals surface area contributed by atoms with Gasteiger partial charge in [0.05, 0.1) is 4.90 Å². The van der Waals surface area contributed by atoms with Gasteiger partial charge in [-0.15, -0.1) is 0 Å². The van der Waals surface area contributed by atoms with Gasteiger partial charge in [-0.3, -0.25) is 4.79 Å². The van der Waals surface area contributed by atoms with Crippen LogP contribution in [-0.2, 0) is 19.6 Å². The van der Waals surface area contributed by atoms with Crippen LogP contribution in [0, 0.1) is 30.6 Å². The van der Waals surface area contributed by atoms with Crippen molar-refractivity contribution < 1.29 is 17.9 Å². The summed E-state index contributed by atoms with van der Waals surface area (Å²) in [6.07, 6.45) is 1.45. The van der Waals surface area contributed by atoms with Crippen molar-refractivity contribution in [3.8, 4) is 11.8 Å². The Labute approximate surface area is 170 Å².